The highest BCUT2D eigenvalue weighted by atomic mass is 16.2. The third-order valence-corrected chi connectivity index (χ3v) is 6.05. The van der Waals surface area contributed by atoms with Gasteiger partial charge in [-0.25, -0.2) is 4.79 Å². The molecule has 0 aliphatic carbocycles. The number of carbonyl (C=O) groups is 1. The van der Waals surface area contributed by atoms with Crippen LogP contribution in [-0.4, -0.2) is 30.5 Å². The predicted octanol–water partition coefficient (Wildman–Crippen LogP) is 7.82. The monoisotopic (exact) mass is 380 g/mol. The first kappa shape index (κ1) is 26.4. The molecule has 2 nitrogen and oxygen atoms in total. The van der Waals surface area contributed by atoms with E-state index in [1.807, 2.05) is 13.1 Å². The van der Waals surface area contributed by atoms with Crippen LogP contribution in [0.4, 0.5) is 0 Å². The number of hydrogen-bond acceptors (Lipinski definition) is 1. The topological polar surface area (TPSA) is 17.1 Å². The Bertz CT molecular complexity index is 352. The van der Waals surface area contributed by atoms with E-state index in [4.69, 9.17) is 0 Å². The molecular formula is C25H50NO+. The molecule has 1 amide bonds. The average Bonchev–Trinajstić information content (AvgIpc) is 2.64. The molecule has 0 rings (SSSR count). The zero-order chi connectivity index (χ0) is 20.2. The predicted molar refractivity (Wildman–Crippen MR) is 121 cm³/mol. The number of nitrogens with zero attached hydrogens (tertiary/aromatic N) is 1. The largest absolute Gasteiger partial charge is 0.310 e. The minimum absolute atomic E-state index is 0.256. The van der Waals surface area contributed by atoms with Gasteiger partial charge in [0.1, 0.15) is 6.54 Å². The molecule has 0 heterocycles. The summed E-state index contributed by atoms with van der Waals surface area (Å²) in [6.07, 6.45) is 25.6. The number of likely N-dealkylation sites (N-methyl/N-ethyl adjacent to an activating group) is 1. The summed E-state index contributed by atoms with van der Waals surface area (Å²) in [5.41, 5.74) is 0. The number of hydrogen-bond donors (Lipinski definition) is 0. The van der Waals surface area contributed by atoms with Crippen LogP contribution in [0.25, 0.3) is 0 Å². The minimum atomic E-state index is 0.256. The Labute approximate surface area is 171 Å². The Kier molecular flexibility index (Phi) is 18.3. The van der Waals surface area contributed by atoms with Crippen molar-refractivity contribution in [3.05, 3.63) is 12.7 Å². The van der Waals surface area contributed by atoms with Crippen molar-refractivity contribution in [3.63, 3.8) is 0 Å². The Morgan fingerprint density at radius 2 is 1.04 bits per heavy atom. The Hall–Kier alpha value is -0.630. The van der Waals surface area contributed by atoms with Crippen LogP contribution in [0.2, 0.25) is 0 Å². The summed E-state index contributed by atoms with van der Waals surface area (Å²) in [7, 11) is 2.04. The van der Waals surface area contributed by atoms with Crippen molar-refractivity contribution in [3.8, 4) is 0 Å². The zero-order valence-corrected chi connectivity index (χ0v) is 19.1. The van der Waals surface area contributed by atoms with Gasteiger partial charge < -0.3 is 0 Å². The molecule has 0 aliphatic rings. The van der Waals surface area contributed by atoms with Crippen LogP contribution in [0, 0.1) is 0 Å². The summed E-state index contributed by atoms with van der Waals surface area (Å²) >= 11 is 0. The lowest BCUT2D eigenvalue weighted by Crippen LogP contribution is -2.48. The quantitative estimate of drug-likeness (QED) is 0.119. The van der Waals surface area contributed by atoms with Gasteiger partial charge in [0.15, 0.2) is 0 Å². The third-order valence-electron chi connectivity index (χ3n) is 6.05. The van der Waals surface area contributed by atoms with Crippen molar-refractivity contribution in [2.75, 3.05) is 20.1 Å². The maximum atomic E-state index is 11.8. The van der Waals surface area contributed by atoms with Gasteiger partial charge in [-0.05, 0) is 18.9 Å². The van der Waals surface area contributed by atoms with Gasteiger partial charge >= 0.3 is 5.91 Å². The van der Waals surface area contributed by atoms with E-state index in [0.717, 1.165) is 19.5 Å². The van der Waals surface area contributed by atoms with Gasteiger partial charge in [-0.1, -0.05) is 110 Å². The number of unbranched alkanes of at least 4 members (excludes halogenated alkanes) is 16. The Morgan fingerprint density at radius 3 is 1.33 bits per heavy atom. The lowest BCUT2D eigenvalue weighted by atomic mass is 10.0. The summed E-state index contributed by atoms with van der Waals surface area (Å²) in [6, 6.07) is 0. The van der Waals surface area contributed by atoms with Gasteiger partial charge in [0.2, 0.25) is 0 Å². The van der Waals surface area contributed by atoms with E-state index in [1.54, 1.807) is 6.92 Å². The fraction of sp³-hybridized carbons (Fsp3) is 0.880. The molecule has 0 saturated carbocycles. The third kappa shape index (κ3) is 16.1. The molecule has 0 aromatic rings. The van der Waals surface area contributed by atoms with Gasteiger partial charge in [0.05, 0.1) is 20.5 Å². The van der Waals surface area contributed by atoms with E-state index in [1.165, 1.54) is 103 Å². The summed E-state index contributed by atoms with van der Waals surface area (Å²) in [5, 5.41) is 0. The van der Waals surface area contributed by atoms with Crippen LogP contribution in [0.3, 0.4) is 0 Å². The normalized spacial score (nSPS) is 13.4. The minimum Gasteiger partial charge on any atom is -0.260 e. The Morgan fingerprint density at radius 1 is 0.704 bits per heavy atom. The molecule has 27 heavy (non-hydrogen) atoms. The molecule has 0 aromatic heterocycles. The molecule has 0 radical (unpaired) electrons. The van der Waals surface area contributed by atoms with Gasteiger partial charge in [0, 0.05) is 0 Å². The van der Waals surface area contributed by atoms with E-state index in [2.05, 4.69) is 13.5 Å². The van der Waals surface area contributed by atoms with Crippen LogP contribution in [-0.2, 0) is 4.79 Å². The molecule has 0 N–H and O–H groups in total. The van der Waals surface area contributed by atoms with Crippen LogP contribution >= 0.6 is 0 Å². The molecule has 0 spiro atoms. The number of rotatable bonds is 20. The van der Waals surface area contributed by atoms with Gasteiger partial charge in [-0.15, -0.1) is 0 Å². The van der Waals surface area contributed by atoms with Gasteiger partial charge in [0.25, 0.3) is 0 Å². The molecule has 0 aromatic carbocycles. The van der Waals surface area contributed by atoms with Crippen LogP contribution < -0.4 is 0 Å². The number of carbonyl (C=O) groups excluding carboxylic acids is 1. The van der Waals surface area contributed by atoms with E-state index >= 15 is 0 Å². The summed E-state index contributed by atoms with van der Waals surface area (Å²) in [6.45, 7) is 9.50. The molecule has 0 fully saturated rings. The van der Waals surface area contributed by atoms with Gasteiger partial charge in [-0.3, -0.25) is 4.48 Å². The van der Waals surface area contributed by atoms with E-state index < -0.39 is 0 Å². The van der Waals surface area contributed by atoms with Crippen molar-refractivity contribution >= 4 is 5.91 Å². The van der Waals surface area contributed by atoms with Crippen LogP contribution in [0.15, 0.2) is 12.7 Å². The second-order valence-electron chi connectivity index (χ2n) is 8.77. The number of quaternary nitrogens is 1. The molecule has 2 heteroatoms. The standard InChI is InChI=1S/C25H50NO/c1-5-7-8-9-10-11-12-13-14-15-16-17-18-19-20-21-22-24-26(4,23-6-2)25(3)27/h6H,2,5,7-24H2,1,3-4H3/q+1. The first-order valence-corrected chi connectivity index (χ1v) is 12.0. The average molecular weight is 381 g/mol. The molecule has 0 aliphatic heterocycles. The number of amides is 1. The highest BCUT2D eigenvalue weighted by Crippen LogP contribution is 2.15. The first-order chi connectivity index (χ1) is 13.1. The highest BCUT2D eigenvalue weighted by Gasteiger charge is 2.25. The fourth-order valence-electron chi connectivity index (χ4n) is 3.85. The van der Waals surface area contributed by atoms with Gasteiger partial charge in [-0.2, -0.15) is 0 Å². The first-order valence-electron chi connectivity index (χ1n) is 12.0. The lowest BCUT2D eigenvalue weighted by Gasteiger charge is -2.29. The van der Waals surface area contributed by atoms with Crippen molar-refractivity contribution < 1.29 is 9.28 Å². The summed E-state index contributed by atoms with van der Waals surface area (Å²) in [5.74, 6) is 0.256. The Balaban J connectivity index is 3.29. The molecule has 1 atom stereocenters. The fourth-order valence-corrected chi connectivity index (χ4v) is 3.85. The van der Waals surface area contributed by atoms with Crippen molar-refractivity contribution in [1.82, 2.24) is 0 Å². The molecular weight excluding hydrogens is 330 g/mol. The highest BCUT2D eigenvalue weighted by molar-refractivity contribution is 5.65. The van der Waals surface area contributed by atoms with E-state index in [0.29, 0.717) is 4.48 Å². The second-order valence-corrected chi connectivity index (χ2v) is 8.77. The zero-order valence-electron chi connectivity index (χ0n) is 19.1. The van der Waals surface area contributed by atoms with Crippen molar-refractivity contribution in [2.24, 2.45) is 0 Å². The smallest absolute Gasteiger partial charge is 0.260 e. The van der Waals surface area contributed by atoms with Crippen molar-refractivity contribution in [2.45, 2.75) is 123 Å². The second kappa shape index (κ2) is 18.7. The maximum Gasteiger partial charge on any atom is 0.310 e. The summed E-state index contributed by atoms with van der Waals surface area (Å²) in [4.78, 5) is 11.8. The van der Waals surface area contributed by atoms with Crippen LogP contribution in [0.5, 0.6) is 0 Å². The lowest BCUT2D eigenvalue weighted by molar-refractivity contribution is -0.828. The van der Waals surface area contributed by atoms with E-state index in [-0.39, 0.29) is 5.91 Å². The summed E-state index contributed by atoms with van der Waals surface area (Å²) < 4.78 is 0.516. The van der Waals surface area contributed by atoms with Crippen LogP contribution in [0.1, 0.15) is 123 Å². The molecule has 1 unspecified atom stereocenters. The van der Waals surface area contributed by atoms with E-state index in [9.17, 15) is 4.79 Å². The van der Waals surface area contributed by atoms with Crippen molar-refractivity contribution in [1.29, 1.82) is 0 Å². The molecule has 160 valence electrons. The maximum absolute atomic E-state index is 11.8. The molecule has 0 bridgehead atoms. The molecule has 0 saturated heterocycles. The SMILES string of the molecule is C=CC[N+](C)(CCCCCCCCCCCCCCCCCCC)C(C)=O.